The Morgan fingerprint density at radius 2 is 1.48 bits per heavy atom. The zero-order valence-corrected chi connectivity index (χ0v) is 12.7. The highest BCUT2D eigenvalue weighted by Crippen LogP contribution is 2.22. The molecule has 10 nitrogen and oxygen atoms in total. The predicted octanol–water partition coefficient (Wildman–Crippen LogP) is -4.34. The first-order chi connectivity index (χ1) is 10.7. The predicted molar refractivity (Wildman–Crippen MR) is 74.0 cm³/mol. The van der Waals surface area contributed by atoms with Crippen molar-refractivity contribution in [3.05, 3.63) is 0 Å². The molecule has 0 spiro atoms. The molecule has 9 atom stereocenters. The maximum Gasteiger partial charge on any atom is 0.186 e. The molecular formula is C13H26O10. The lowest BCUT2D eigenvalue weighted by molar-refractivity contribution is -0.306. The van der Waals surface area contributed by atoms with E-state index in [0.717, 1.165) is 0 Å². The summed E-state index contributed by atoms with van der Waals surface area (Å²) in [5, 5.41) is 76.4. The SMILES string of the molecule is CC[C@@H](O)[C@@H](O)[C@H](O)[C@H](O)CO[C@H]1O[C@H](CO)[C@@H](O)[C@H](O)[C@H]1O. The molecule has 1 aliphatic rings. The first-order valence-corrected chi connectivity index (χ1v) is 7.38. The van der Waals surface area contributed by atoms with E-state index in [1.54, 1.807) is 6.92 Å². The van der Waals surface area contributed by atoms with Crippen molar-refractivity contribution in [3.8, 4) is 0 Å². The lowest BCUT2D eigenvalue weighted by atomic mass is 9.99. The number of aliphatic hydroxyl groups excluding tert-OH is 8. The Morgan fingerprint density at radius 1 is 0.913 bits per heavy atom. The van der Waals surface area contributed by atoms with Crippen LogP contribution in [0, 0.1) is 0 Å². The van der Waals surface area contributed by atoms with Crippen LogP contribution in [0.25, 0.3) is 0 Å². The molecule has 8 N–H and O–H groups in total. The van der Waals surface area contributed by atoms with Crippen molar-refractivity contribution in [1.29, 1.82) is 0 Å². The summed E-state index contributed by atoms with van der Waals surface area (Å²) < 4.78 is 10.1. The molecule has 0 saturated carbocycles. The fourth-order valence-electron chi connectivity index (χ4n) is 2.19. The molecule has 1 aliphatic heterocycles. The highest BCUT2D eigenvalue weighted by molar-refractivity contribution is 4.89. The van der Waals surface area contributed by atoms with Crippen LogP contribution in [-0.4, -0.2) is 109 Å². The van der Waals surface area contributed by atoms with E-state index in [0.29, 0.717) is 0 Å². The first kappa shape index (κ1) is 20.6. The van der Waals surface area contributed by atoms with Crippen LogP contribution in [0.15, 0.2) is 0 Å². The van der Waals surface area contributed by atoms with E-state index < -0.39 is 68.3 Å². The molecule has 10 heteroatoms. The maximum atomic E-state index is 9.75. The van der Waals surface area contributed by atoms with Crippen molar-refractivity contribution in [2.24, 2.45) is 0 Å². The standard InChI is InChI=1S/C13H26O10/c1-2-5(15)8(17)9(18)6(16)4-22-13-12(21)11(20)10(19)7(3-14)23-13/h5-21H,2-4H2,1H3/t5-,6-,7-,8-,9-,10-,11+,12-,13+/m1/s1. The topological polar surface area (TPSA) is 180 Å². The minimum Gasteiger partial charge on any atom is -0.394 e. The van der Waals surface area contributed by atoms with Gasteiger partial charge in [-0.25, -0.2) is 0 Å². The average molecular weight is 342 g/mol. The summed E-state index contributed by atoms with van der Waals surface area (Å²) in [6, 6.07) is 0. The normalized spacial score (nSPS) is 37.2. The Labute approximate surface area is 133 Å². The average Bonchev–Trinajstić information content (AvgIpc) is 2.56. The highest BCUT2D eigenvalue weighted by Gasteiger charge is 2.44. The summed E-state index contributed by atoms with van der Waals surface area (Å²) in [5.41, 5.74) is 0. The lowest BCUT2D eigenvalue weighted by Gasteiger charge is -2.40. The van der Waals surface area contributed by atoms with Gasteiger partial charge in [0.2, 0.25) is 0 Å². The second-order valence-electron chi connectivity index (χ2n) is 5.55. The van der Waals surface area contributed by atoms with Crippen LogP contribution < -0.4 is 0 Å². The van der Waals surface area contributed by atoms with Crippen LogP contribution in [0.5, 0.6) is 0 Å². The fourth-order valence-corrected chi connectivity index (χ4v) is 2.19. The quantitative estimate of drug-likeness (QED) is 0.215. The Balaban J connectivity index is 2.55. The van der Waals surface area contributed by atoms with Crippen LogP contribution in [0.3, 0.4) is 0 Å². The van der Waals surface area contributed by atoms with Gasteiger partial charge in [-0.3, -0.25) is 0 Å². The third-order valence-corrected chi connectivity index (χ3v) is 3.84. The minimum absolute atomic E-state index is 0.165. The van der Waals surface area contributed by atoms with Crippen molar-refractivity contribution in [1.82, 2.24) is 0 Å². The van der Waals surface area contributed by atoms with Gasteiger partial charge in [0.15, 0.2) is 6.29 Å². The summed E-state index contributed by atoms with van der Waals surface area (Å²) in [6.45, 7) is 0.367. The molecule has 0 aliphatic carbocycles. The van der Waals surface area contributed by atoms with Gasteiger partial charge in [-0.15, -0.1) is 0 Å². The van der Waals surface area contributed by atoms with Crippen LogP contribution in [0.2, 0.25) is 0 Å². The molecule has 0 unspecified atom stereocenters. The fraction of sp³-hybridized carbons (Fsp3) is 1.00. The maximum absolute atomic E-state index is 9.75. The van der Waals surface area contributed by atoms with E-state index in [1.807, 2.05) is 0 Å². The molecule has 0 aromatic rings. The highest BCUT2D eigenvalue weighted by atomic mass is 16.7. The second kappa shape index (κ2) is 9.18. The molecule has 1 heterocycles. The molecule has 0 amide bonds. The van der Waals surface area contributed by atoms with Crippen molar-refractivity contribution in [2.75, 3.05) is 13.2 Å². The van der Waals surface area contributed by atoms with Crippen LogP contribution in [0.4, 0.5) is 0 Å². The molecule has 0 bridgehead atoms. The first-order valence-electron chi connectivity index (χ1n) is 7.38. The van der Waals surface area contributed by atoms with Crippen LogP contribution in [0.1, 0.15) is 13.3 Å². The zero-order valence-electron chi connectivity index (χ0n) is 12.7. The summed E-state index contributed by atoms with van der Waals surface area (Å²) in [6.07, 6.45) is -13.4. The molecule has 23 heavy (non-hydrogen) atoms. The largest absolute Gasteiger partial charge is 0.394 e. The Kier molecular flexibility index (Phi) is 8.24. The molecule has 1 saturated heterocycles. The van der Waals surface area contributed by atoms with E-state index in [2.05, 4.69) is 0 Å². The van der Waals surface area contributed by atoms with E-state index in [4.69, 9.17) is 14.6 Å². The van der Waals surface area contributed by atoms with Gasteiger partial charge in [-0.2, -0.15) is 0 Å². The molecule has 0 aromatic heterocycles. The monoisotopic (exact) mass is 342 g/mol. The Morgan fingerprint density at radius 3 is 2.00 bits per heavy atom. The zero-order chi connectivity index (χ0) is 17.7. The van der Waals surface area contributed by atoms with Gasteiger partial charge >= 0.3 is 0 Å². The number of rotatable bonds is 8. The molecule has 0 aromatic carbocycles. The van der Waals surface area contributed by atoms with Gasteiger partial charge in [-0.1, -0.05) is 6.92 Å². The number of aliphatic hydroxyl groups is 8. The van der Waals surface area contributed by atoms with Crippen LogP contribution in [-0.2, 0) is 9.47 Å². The Hall–Kier alpha value is -0.400. The van der Waals surface area contributed by atoms with Gasteiger partial charge in [-0.05, 0) is 6.42 Å². The Bertz CT molecular complexity index is 341. The third kappa shape index (κ3) is 5.03. The van der Waals surface area contributed by atoms with E-state index in [-0.39, 0.29) is 6.42 Å². The summed E-state index contributed by atoms with van der Waals surface area (Å²) in [4.78, 5) is 0. The summed E-state index contributed by atoms with van der Waals surface area (Å²) in [7, 11) is 0. The number of hydrogen-bond donors (Lipinski definition) is 8. The van der Waals surface area contributed by atoms with E-state index in [9.17, 15) is 35.7 Å². The molecule has 1 rings (SSSR count). The summed E-state index contributed by atoms with van der Waals surface area (Å²) >= 11 is 0. The van der Waals surface area contributed by atoms with Gasteiger partial charge < -0.3 is 50.3 Å². The number of ether oxygens (including phenoxy) is 2. The van der Waals surface area contributed by atoms with Gasteiger partial charge in [0, 0.05) is 0 Å². The molecule has 0 radical (unpaired) electrons. The smallest absolute Gasteiger partial charge is 0.186 e. The van der Waals surface area contributed by atoms with Crippen molar-refractivity contribution in [2.45, 2.75) is 68.5 Å². The van der Waals surface area contributed by atoms with Crippen LogP contribution >= 0.6 is 0 Å². The molecule has 1 fully saturated rings. The minimum atomic E-state index is -1.70. The third-order valence-electron chi connectivity index (χ3n) is 3.84. The van der Waals surface area contributed by atoms with E-state index >= 15 is 0 Å². The number of hydrogen-bond acceptors (Lipinski definition) is 10. The van der Waals surface area contributed by atoms with Gasteiger partial charge in [0.25, 0.3) is 0 Å². The van der Waals surface area contributed by atoms with Crippen molar-refractivity contribution >= 4 is 0 Å². The molecular weight excluding hydrogens is 316 g/mol. The van der Waals surface area contributed by atoms with Gasteiger partial charge in [0.1, 0.15) is 42.7 Å². The second-order valence-corrected chi connectivity index (χ2v) is 5.55. The van der Waals surface area contributed by atoms with Crippen molar-refractivity contribution < 1.29 is 50.3 Å². The van der Waals surface area contributed by atoms with E-state index in [1.165, 1.54) is 0 Å². The summed E-state index contributed by atoms with van der Waals surface area (Å²) in [5.74, 6) is 0. The van der Waals surface area contributed by atoms with Crippen molar-refractivity contribution in [3.63, 3.8) is 0 Å². The lowest BCUT2D eigenvalue weighted by Crippen LogP contribution is -2.59. The molecule has 138 valence electrons. The van der Waals surface area contributed by atoms with Gasteiger partial charge in [0.05, 0.1) is 19.3 Å².